The Labute approximate surface area is 169 Å². The van der Waals surface area contributed by atoms with Gasteiger partial charge in [-0.3, -0.25) is 4.98 Å². The molecule has 0 unspecified atom stereocenters. The van der Waals surface area contributed by atoms with Crippen LogP contribution >= 0.6 is 11.6 Å². The fourth-order valence-electron chi connectivity index (χ4n) is 3.04. The molecule has 0 spiro atoms. The summed E-state index contributed by atoms with van der Waals surface area (Å²) in [6, 6.07) is 12.4. The Morgan fingerprint density at radius 2 is 1.55 bits per heavy atom. The van der Waals surface area contributed by atoms with Crippen LogP contribution in [0.15, 0.2) is 76.7 Å². The molecule has 3 aromatic carbocycles. The van der Waals surface area contributed by atoms with Gasteiger partial charge < -0.3 is 0 Å². The lowest BCUT2D eigenvalue weighted by Crippen LogP contribution is -2.06. The van der Waals surface area contributed by atoms with Crippen molar-refractivity contribution in [2.24, 2.45) is 0 Å². The van der Waals surface area contributed by atoms with E-state index in [1.54, 1.807) is 24.3 Å². The van der Waals surface area contributed by atoms with Crippen molar-refractivity contribution in [3.63, 3.8) is 0 Å². The molecule has 0 atom stereocenters. The van der Waals surface area contributed by atoms with E-state index in [2.05, 4.69) is 4.98 Å². The normalized spacial score (nSPS) is 11.7. The van der Waals surface area contributed by atoms with Gasteiger partial charge in [0.05, 0.1) is 15.3 Å². The molecule has 146 valence electrons. The minimum atomic E-state index is -4.30. The maximum Gasteiger partial charge on any atom is 0.208 e. The Hall–Kier alpha value is -2.90. The van der Waals surface area contributed by atoms with Crippen LogP contribution in [0.3, 0.4) is 0 Å². The molecule has 0 radical (unpaired) electrons. The lowest BCUT2D eigenvalue weighted by atomic mass is 10.0. The molecule has 8 heteroatoms. The first kappa shape index (κ1) is 19.4. The quantitative estimate of drug-likeness (QED) is 0.383. The van der Waals surface area contributed by atoms with Crippen LogP contribution in [0.4, 0.5) is 13.2 Å². The Morgan fingerprint density at radius 3 is 2.24 bits per heavy atom. The highest BCUT2D eigenvalue weighted by Gasteiger charge is 2.26. The maximum atomic E-state index is 14.0. The van der Waals surface area contributed by atoms with Gasteiger partial charge in [-0.15, -0.1) is 0 Å². The summed E-state index contributed by atoms with van der Waals surface area (Å²) in [4.78, 5) is 3.42. The minimum Gasteiger partial charge on any atom is -0.255 e. The van der Waals surface area contributed by atoms with Gasteiger partial charge >= 0.3 is 0 Å². The molecule has 3 nitrogen and oxygen atoms in total. The lowest BCUT2D eigenvalue weighted by Gasteiger charge is -2.14. The van der Waals surface area contributed by atoms with Gasteiger partial charge in [0, 0.05) is 22.2 Å². The van der Waals surface area contributed by atoms with Crippen molar-refractivity contribution >= 4 is 32.3 Å². The molecule has 0 aliphatic carbocycles. The van der Waals surface area contributed by atoms with Crippen LogP contribution in [-0.4, -0.2) is 13.4 Å². The van der Waals surface area contributed by atoms with E-state index in [1.807, 2.05) is 0 Å². The number of pyridine rings is 1. The fourth-order valence-corrected chi connectivity index (χ4v) is 4.61. The number of fused-ring (bicyclic) bond motifs is 1. The van der Waals surface area contributed by atoms with E-state index in [9.17, 15) is 21.6 Å². The molecule has 1 heterocycles. The Kier molecular flexibility index (Phi) is 4.80. The van der Waals surface area contributed by atoms with E-state index in [0.717, 1.165) is 18.3 Å². The Bertz CT molecular complexity index is 1360. The highest BCUT2D eigenvalue weighted by molar-refractivity contribution is 7.91. The predicted octanol–water partition coefficient (Wildman–Crippen LogP) is 5.81. The van der Waals surface area contributed by atoms with Crippen molar-refractivity contribution in [2.75, 3.05) is 0 Å². The van der Waals surface area contributed by atoms with Crippen molar-refractivity contribution in [2.45, 2.75) is 9.79 Å². The SMILES string of the molecule is O=S(=O)(c1ccc(F)c(F)c1)c1cnc2ccc(F)cc2c1-c1ccc(Cl)cc1. The second kappa shape index (κ2) is 7.17. The summed E-state index contributed by atoms with van der Waals surface area (Å²) in [5, 5.41) is 0.694. The zero-order valence-electron chi connectivity index (χ0n) is 14.5. The van der Waals surface area contributed by atoms with Crippen molar-refractivity contribution < 1.29 is 21.6 Å². The third-order valence-electron chi connectivity index (χ3n) is 4.42. The van der Waals surface area contributed by atoms with Gasteiger partial charge in [0.2, 0.25) is 9.84 Å². The second-order valence-electron chi connectivity index (χ2n) is 6.25. The van der Waals surface area contributed by atoms with Crippen LogP contribution in [0.25, 0.3) is 22.0 Å². The number of sulfone groups is 1. The van der Waals surface area contributed by atoms with Crippen molar-refractivity contribution in [3.05, 3.63) is 89.3 Å². The molecular formula is C21H11ClF3NO2S. The molecule has 0 saturated heterocycles. The van der Waals surface area contributed by atoms with Crippen LogP contribution in [-0.2, 0) is 9.84 Å². The van der Waals surface area contributed by atoms with Gasteiger partial charge in [-0.2, -0.15) is 0 Å². The predicted molar refractivity (Wildman–Crippen MR) is 104 cm³/mol. The fraction of sp³-hybridized carbons (Fsp3) is 0. The van der Waals surface area contributed by atoms with E-state index < -0.39 is 32.2 Å². The molecule has 1 aromatic heterocycles. The lowest BCUT2D eigenvalue weighted by molar-refractivity contribution is 0.504. The van der Waals surface area contributed by atoms with Gasteiger partial charge in [0.15, 0.2) is 11.6 Å². The maximum absolute atomic E-state index is 14.0. The van der Waals surface area contributed by atoms with E-state index in [-0.39, 0.29) is 15.8 Å². The zero-order valence-corrected chi connectivity index (χ0v) is 16.1. The topological polar surface area (TPSA) is 47.0 Å². The average Bonchev–Trinajstić information content (AvgIpc) is 2.69. The zero-order chi connectivity index (χ0) is 20.8. The molecule has 4 aromatic rings. The number of benzene rings is 3. The van der Waals surface area contributed by atoms with E-state index in [0.29, 0.717) is 22.2 Å². The van der Waals surface area contributed by atoms with Crippen LogP contribution in [0, 0.1) is 17.5 Å². The number of halogens is 4. The number of aromatic nitrogens is 1. The van der Waals surface area contributed by atoms with Crippen LogP contribution < -0.4 is 0 Å². The van der Waals surface area contributed by atoms with Gasteiger partial charge in [0.1, 0.15) is 5.82 Å². The molecule has 4 rings (SSSR count). The minimum absolute atomic E-state index is 0.191. The van der Waals surface area contributed by atoms with Crippen molar-refractivity contribution in [1.29, 1.82) is 0 Å². The average molecular weight is 434 g/mol. The molecule has 0 aliphatic heterocycles. The standard InChI is InChI=1S/C21H11ClF3NO2S/c22-13-3-1-12(2-4-13)21-16-9-14(23)5-8-19(16)26-11-20(21)29(27,28)15-6-7-17(24)18(25)10-15/h1-11H. The molecule has 0 bridgehead atoms. The largest absolute Gasteiger partial charge is 0.255 e. The van der Waals surface area contributed by atoms with Crippen LogP contribution in [0.1, 0.15) is 0 Å². The monoisotopic (exact) mass is 433 g/mol. The first-order chi connectivity index (χ1) is 13.8. The summed E-state index contributed by atoms with van der Waals surface area (Å²) in [5.41, 5.74) is 1.02. The van der Waals surface area contributed by atoms with Crippen molar-refractivity contribution in [1.82, 2.24) is 4.98 Å². The van der Waals surface area contributed by atoms with E-state index in [4.69, 9.17) is 11.6 Å². The van der Waals surface area contributed by atoms with Gasteiger partial charge in [-0.05, 0) is 54.1 Å². The summed E-state index contributed by atoms with van der Waals surface area (Å²) >= 11 is 5.93. The second-order valence-corrected chi connectivity index (χ2v) is 8.60. The van der Waals surface area contributed by atoms with E-state index >= 15 is 0 Å². The first-order valence-corrected chi connectivity index (χ1v) is 10.2. The Morgan fingerprint density at radius 1 is 0.828 bits per heavy atom. The summed E-state index contributed by atoms with van der Waals surface area (Å²) in [5.74, 6) is -3.03. The molecule has 0 amide bonds. The van der Waals surface area contributed by atoms with Gasteiger partial charge in [0.25, 0.3) is 0 Å². The number of nitrogens with zero attached hydrogens (tertiary/aromatic N) is 1. The molecule has 0 saturated carbocycles. The number of hydrogen-bond acceptors (Lipinski definition) is 3. The molecule has 0 fully saturated rings. The summed E-state index contributed by atoms with van der Waals surface area (Å²) in [7, 11) is -4.30. The third kappa shape index (κ3) is 3.47. The molecule has 0 aliphatic rings. The summed E-state index contributed by atoms with van der Waals surface area (Å²) < 4.78 is 67.4. The van der Waals surface area contributed by atoms with Crippen LogP contribution in [0.2, 0.25) is 5.02 Å². The number of hydrogen-bond donors (Lipinski definition) is 0. The van der Waals surface area contributed by atoms with Gasteiger partial charge in [-0.25, -0.2) is 21.6 Å². The highest BCUT2D eigenvalue weighted by atomic mass is 35.5. The molecular weight excluding hydrogens is 423 g/mol. The Balaban J connectivity index is 2.07. The first-order valence-electron chi connectivity index (χ1n) is 8.32. The molecule has 0 N–H and O–H groups in total. The highest BCUT2D eigenvalue weighted by Crippen LogP contribution is 2.37. The van der Waals surface area contributed by atoms with Gasteiger partial charge in [-0.1, -0.05) is 23.7 Å². The third-order valence-corrected chi connectivity index (χ3v) is 6.43. The van der Waals surface area contributed by atoms with Crippen molar-refractivity contribution in [3.8, 4) is 11.1 Å². The number of rotatable bonds is 3. The van der Waals surface area contributed by atoms with E-state index in [1.165, 1.54) is 18.2 Å². The smallest absolute Gasteiger partial charge is 0.208 e. The van der Waals surface area contributed by atoms with Crippen LogP contribution in [0.5, 0.6) is 0 Å². The summed E-state index contributed by atoms with van der Waals surface area (Å²) in [6.07, 6.45) is 1.13. The molecule has 29 heavy (non-hydrogen) atoms. The summed E-state index contributed by atoms with van der Waals surface area (Å²) in [6.45, 7) is 0.